The van der Waals surface area contributed by atoms with Crippen LogP contribution in [0.5, 0.6) is 0 Å². The lowest BCUT2D eigenvalue weighted by Gasteiger charge is -2.25. The molecule has 0 aromatic rings. The first kappa shape index (κ1) is 39.7. The highest BCUT2D eigenvalue weighted by Crippen LogP contribution is 2.08. The van der Waals surface area contributed by atoms with Crippen molar-refractivity contribution in [2.24, 2.45) is 15.3 Å². The number of hydrogen-bond donors (Lipinski definition) is 3. The number of nitrogens with zero attached hydrogens (tertiary/aromatic N) is 6. The Hall–Kier alpha value is -3.30. The first-order valence-electron chi connectivity index (χ1n) is 15.3. The molecule has 15 nitrogen and oxygen atoms in total. The van der Waals surface area contributed by atoms with E-state index < -0.39 is 35.1 Å². The van der Waals surface area contributed by atoms with Gasteiger partial charge in [0.05, 0.1) is 0 Å². The van der Waals surface area contributed by atoms with Crippen LogP contribution in [0.4, 0.5) is 14.4 Å². The standard InChI is InChI=1S/C30H57N9O6/c1-22(31-34-25(40)43-28(4,5)6)19-37-13-15-38(20-23(2)32-35-26(41)44-29(7,8)9)17-18-39(16-14-37)21-24(3)33-36-27(42)45-30(10,11)12/h13-21H2,1-12H3,(H,34,40)(H,35,41)(H,36,42)/b31-22+,32-23+,33-24+. The summed E-state index contributed by atoms with van der Waals surface area (Å²) in [5, 5.41) is 12.7. The van der Waals surface area contributed by atoms with Crippen molar-refractivity contribution >= 4 is 35.4 Å². The minimum Gasteiger partial charge on any atom is -0.443 e. The molecule has 0 aromatic heterocycles. The molecule has 45 heavy (non-hydrogen) atoms. The van der Waals surface area contributed by atoms with Crippen LogP contribution in [-0.2, 0) is 14.2 Å². The summed E-state index contributed by atoms with van der Waals surface area (Å²) < 4.78 is 15.8. The normalized spacial score (nSPS) is 17.5. The molecule has 3 N–H and O–H groups in total. The second kappa shape index (κ2) is 18.0. The van der Waals surface area contributed by atoms with E-state index in [-0.39, 0.29) is 0 Å². The average molecular weight is 640 g/mol. The number of hydrazone groups is 3. The fourth-order valence-corrected chi connectivity index (χ4v) is 4.06. The maximum atomic E-state index is 12.1. The molecular weight excluding hydrogens is 582 g/mol. The first-order chi connectivity index (χ1) is 20.6. The summed E-state index contributed by atoms with van der Waals surface area (Å²) in [6, 6.07) is 0. The second-order valence-electron chi connectivity index (χ2n) is 14.2. The molecule has 0 aliphatic carbocycles. The molecule has 1 saturated heterocycles. The summed E-state index contributed by atoms with van der Waals surface area (Å²) in [6.45, 7) is 27.8. The van der Waals surface area contributed by atoms with Gasteiger partial charge in [0.15, 0.2) is 0 Å². The lowest BCUT2D eigenvalue weighted by atomic mass is 10.2. The summed E-state index contributed by atoms with van der Waals surface area (Å²) in [5.41, 5.74) is 7.77. The highest BCUT2D eigenvalue weighted by Gasteiger charge is 2.21. The maximum absolute atomic E-state index is 12.1. The second-order valence-corrected chi connectivity index (χ2v) is 14.2. The lowest BCUT2D eigenvalue weighted by molar-refractivity contribution is 0.0517. The fourth-order valence-electron chi connectivity index (χ4n) is 4.06. The summed E-state index contributed by atoms with van der Waals surface area (Å²) in [7, 11) is 0. The minimum absolute atomic E-state index is 0.540. The molecule has 0 radical (unpaired) electrons. The van der Waals surface area contributed by atoms with Crippen molar-refractivity contribution in [2.45, 2.75) is 99.9 Å². The fraction of sp³-hybridized carbons (Fsp3) is 0.800. The molecule has 1 heterocycles. The third kappa shape index (κ3) is 21.1. The van der Waals surface area contributed by atoms with Crippen molar-refractivity contribution in [1.29, 1.82) is 0 Å². The van der Waals surface area contributed by atoms with Crippen LogP contribution < -0.4 is 16.3 Å². The zero-order valence-corrected chi connectivity index (χ0v) is 29.5. The van der Waals surface area contributed by atoms with Crippen molar-refractivity contribution in [2.75, 3.05) is 58.9 Å². The van der Waals surface area contributed by atoms with Crippen molar-refractivity contribution in [3.63, 3.8) is 0 Å². The molecule has 258 valence electrons. The third-order valence-corrected chi connectivity index (χ3v) is 5.77. The van der Waals surface area contributed by atoms with E-state index in [9.17, 15) is 14.4 Å². The Bertz CT molecular complexity index is 926. The molecule has 0 aromatic carbocycles. The minimum atomic E-state index is -0.616. The summed E-state index contributed by atoms with van der Waals surface area (Å²) in [4.78, 5) is 43.0. The number of rotatable bonds is 9. The van der Waals surface area contributed by atoms with Crippen LogP contribution in [0.3, 0.4) is 0 Å². The molecule has 3 amide bonds. The van der Waals surface area contributed by atoms with Crippen molar-refractivity contribution in [1.82, 2.24) is 31.0 Å². The number of hydrogen-bond acceptors (Lipinski definition) is 12. The Balaban J connectivity index is 2.98. The zero-order chi connectivity index (χ0) is 34.4. The molecule has 1 rings (SSSR count). The van der Waals surface area contributed by atoms with Gasteiger partial charge in [-0.25, -0.2) is 30.7 Å². The predicted octanol–water partition coefficient (Wildman–Crippen LogP) is 3.61. The van der Waals surface area contributed by atoms with Gasteiger partial charge in [0.1, 0.15) is 16.8 Å². The van der Waals surface area contributed by atoms with Gasteiger partial charge in [-0.05, 0) is 83.1 Å². The van der Waals surface area contributed by atoms with Gasteiger partial charge < -0.3 is 14.2 Å². The summed E-state index contributed by atoms with van der Waals surface area (Å²) in [5.74, 6) is 0. The van der Waals surface area contributed by atoms with Gasteiger partial charge in [-0.3, -0.25) is 14.7 Å². The van der Waals surface area contributed by atoms with Crippen LogP contribution >= 0.6 is 0 Å². The molecule has 0 bridgehead atoms. The van der Waals surface area contributed by atoms with Gasteiger partial charge in [0.25, 0.3) is 0 Å². The average Bonchev–Trinajstić information content (AvgIpc) is 2.94. The topological polar surface area (TPSA) is 162 Å². The van der Waals surface area contributed by atoms with Crippen LogP contribution in [0.1, 0.15) is 83.1 Å². The quantitative estimate of drug-likeness (QED) is 0.194. The van der Waals surface area contributed by atoms with Crippen LogP contribution in [0.15, 0.2) is 15.3 Å². The van der Waals surface area contributed by atoms with Gasteiger partial charge in [-0.1, -0.05) is 0 Å². The highest BCUT2D eigenvalue weighted by atomic mass is 16.6. The number of carbonyl (C=O) groups excluding carboxylic acids is 3. The zero-order valence-electron chi connectivity index (χ0n) is 29.5. The van der Waals surface area contributed by atoms with Gasteiger partial charge >= 0.3 is 18.3 Å². The monoisotopic (exact) mass is 639 g/mol. The first-order valence-corrected chi connectivity index (χ1v) is 15.3. The van der Waals surface area contributed by atoms with Crippen LogP contribution in [0, 0.1) is 0 Å². The predicted molar refractivity (Wildman–Crippen MR) is 177 cm³/mol. The van der Waals surface area contributed by atoms with E-state index in [0.717, 1.165) is 56.4 Å². The van der Waals surface area contributed by atoms with E-state index in [0.29, 0.717) is 19.6 Å². The Morgan fingerprint density at radius 1 is 0.489 bits per heavy atom. The maximum Gasteiger partial charge on any atom is 0.428 e. The molecule has 0 saturated carbocycles. The number of amides is 3. The van der Waals surface area contributed by atoms with Crippen LogP contribution in [-0.4, -0.2) is 126 Å². The van der Waals surface area contributed by atoms with Gasteiger partial charge in [0, 0.05) is 76.0 Å². The lowest BCUT2D eigenvalue weighted by Crippen LogP contribution is -2.40. The van der Waals surface area contributed by atoms with Gasteiger partial charge in [-0.2, -0.15) is 15.3 Å². The molecule has 0 spiro atoms. The molecule has 15 heteroatoms. The Labute approximate surface area is 269 Å². The van der Waals surface area contributed by atoms with Gasteiger partial charge in [0.2, 0.25) is 0 Å². The molecule has 1 aliphatic heterocycles. The van der Waals surface area contributed by atoms with E-state index in [2.05, 4.69) is 46.3 Å². The Morgan fingerprint density at radius 2 is 0.689 bits per heavy atom. The molecule has 1 aliphatic rings. The molecular formula is C30H57N9O6. The molecule has 1 fully saturated rings. The Morgan fingerprint density at radius 3 is 0.867 bits per heavy atom. The largest absolute Gasteiger partial charge is 0.443 e. The third-order valence-electron chi connectivity index (χ3n) is 5.77. The van der Waals surface area contributed by atoms with Crippen molar-refractivity contribution in [3.05, 3.63) is 0 Å². The highest BCUT2D eigenvalue weighted by molar-refractivity contribution is 5.86. The molecule has 0 unspecified atom stereocenters. The van der Waals surface area contributed by atoms with Crippen LogP contribution in [0.2, 0.25) is 0 Å². The SMILES string of the molecule is C/C(CN1CCN(C/C(C)=N/NC(=O)OC(C)(C)C)CCN(C/C(C)=N/NC(=O)OC(C)(C)C)CC1)=N\NC(=O)OC(C)(C)C. The van der Waals surface area contributed by atoms with E-state index in [1.165, 1.54) is 0 Å². The summed E-state index contributed by atoms with van der Waals surface area (Å²) >= 11 is 0. The van der Waals surface area contributed by atoms with E-state index in [4.69, 9.17) is 14.2 Å². The smallest absolute Gasteiger partial charge is 0.428 e. The van der Waals surface area contributed by atoms with E-state index >= 15 is 0 Å². The van der Waals surface area contributed by atoms with Crippen LogP contribution in [0.25, 0.3) is 0 Å². The number of ether oxygens (including phenoxy) is 3. The van der Waals surface area contributed by atoms with E-state index in [1.807, 2.05) is 20.8 Å². The van der Waals surface area contributed by atoms with Gasteiger partial charge in [-0.15, -0.1) is 0 Å². The van der Waals surface area contributed by atoms with Crippen molar-refractivity contribution < 1.29 is 28.6 Å². The van der Waals surface area contributed by atoms with Crippen molar-refractivity contribution in [3.8, 4) is 0 Å². The van der Waals surface area contributed by atoms with E-state index in [1.54, 1.807) is 62.3 Å². The summed E-state index contributed by atoms with van der Waals surface area (Å²) in [6.07, 6.45) is -1.81. The number of carbonyl (C=O) groups is 3. The molecule has 0 atom stereocenters. The number of nitrogens with one attached hydrogen (secondary N) is 3. The Kier molecular flexibility index (Phi) is 15.9.